The third kappa shape index (κ3) is 2.48. The van der Waals surface area contributed by atoms with Crippen LogP contribution >= 0.6 is 0 Å². The van der Waals surface area contributed by atoms with Gasteiger partial charge < -0.3 is 9.83 Å². The minimum atomic E-state index is -1.90. The number of H-pyrrole nitrogens is 1. The van der Waals surface area contributed by atoms with Crippen LogP contribution in [0.4, 0.5) is 0 Å². The third-order valence-electron chi connectivity index (χ3n) is 4.24. The zero-order valence-electron chi connectivity index (χ0n) is 16.4. The lowest BCUT2D eigenvalue weighted by Crippen LogP contribution is -2.20. The first-order valence-electron chi connectivity index (χ1n) is 9.48. The van der Waals surface area contributed by atoms with E-state index in [4.69, 9.17) is 12.1 Å². The van der Waals surface area contributed by atoms with Crippen LogP contribution in [-0.4, -0.2) is 31.3 Å². The number of nitrogens with zero attached hydrogens (tertiary/aromatic N) is 5. The second-order valence-electron chi connectivity index (χ2n) is 5.60. The predicted octanol–water partition coefficient (Wildman–Crippen LogP) is 3.47. The molecule has 3 heterocycles. The molecule has 6 heteroatoms. The summed E-state index contributed by atoms with van der Waals surface area (Å²) in [7, 11) is 0. The summed E-state index contributed by atoms with van der Waals surface area (Å²) in [5.41, 5.74) is 2.23. The Kier molecular flexibility index (Phi) is 2.58. The molecule has 0 aromatic carbocycles. The van der Waals surface area contributed by atoms with Crippen LogP contribution in [0.25, 0.3) is 27.1 Å². The Morgan fingerprint density at radius 1 is 1.43 bits per heavy atom. The molecular formula is C17H18N6. The Bertz CT molecular complexity index is 1000. The molecule has 0 radical (unpaired) electrons. The van der Waals surface area contributed by atoms with Crippen LogP contribution in [0, 0.1) is 12.5 Å². The van der Waals surface area contributed by atoms with Crippen LogP contribution in [0.5, 0.6) is 0 Å². The van der Waals surface area contributed by atoms with E-state index in [0.717, 1.165) is 22.3 Å². The predicted molar refractivity (Wildman–Crippen MR) is 87.6 cm³/mol. The van der Waals surface area contributed by atoms with Gasteiger partial charge in [-0.25, -0.2) is 16.5 Å². The molecule has 23 heavy (non-hydrogen) atoms. The van der Waals surface area contributed by atoms with Crippen molar-refractivity contribution < 1.29 is 5.48 Å². The number of fused-ring (bicyclic) bond motifs is 1. The summed E-state index contributed by atoms with van der Waals surface area (Å²) in [6.45, 7) is 7.40. The van der Waals surface area contributed by atoms with E-state index in [2.05, 4.69) is 24.9 Å². The standard InChI is InChI=1S/C17H18N6/c1-18-9-15(12-4-2-3-5-12)23-10-13(8-22-23)16-14-6-7-19-17(14)21-11-20-16/h6-8,10-12,15H,2-5,9H2,(H,19,20,21)/t15-/m1/s1/i2D2,3D2. The Hall–Kier alpha value is -2.68. The zero-order valence-corrected chi connectivity index (χ0v) is 12.4. The van der Waals surface area contributed by atoms with Gasteiger partial charge in [0.25, 0.3) is 0 Å². The first-order valence-corrected chi connectivity index (χ1v) is 7.48. The highest BCUT2D eigenvalue weighted by molar-refractivity contribution is 5.89. The molecule has 4 rings (SSSR count). The van der Waals surface area contributed by atoms with Crippen molar-refractivity contribution in [3.05, 3.63) is 42.4 Å². The highest BCUT2D eigenvalue weighted by Crippen LogP contribution is 2.35. The first-order chi connectivity index (χ1) is 12.8. The Balaban J connectivity index is 1.68. The fraction of sp³-hybridized carbons (Fsp3) is 0.412. The van der Waals surface area contributed by atoms with Gasteiger partial charge in [0.15, 0.2) is 0 Å². The Labute approximate surface area is 140 Å². The molecule has 0 bridgehead atoms. The zero-order chi connectivity index (χ0) is 19.2. The van der Waals surface area contributed by atoms with Gasteiger partial charge in [-0.3, -0.25) is 4.68 Å². The van der Waals surface area contributed by atoms with Crippen molar-refractivity contribution in [2.45, 2.75) is 31.6 Å². The summed E-state index contributed by atoms with van der Waals surface area (Å²) in [5, 5.41) is 5.27. The van der Waals surface area contributed by atoms with Gasteiger partial charge >= 0.3 is 0 Å². The number of rotatable bonds is 4. The maximum atomic E-state index is 7.98. The number of aromatic nitrogens is 5. The highest BCUT2D eigenvalue weighted by Gasteiger charge is 2.29. The lowest BCUT2D eigenvalue weighted by molar-refractivity contribution is 0.329. The van der Waals surface area contributed by atoms with Crippen molar-refractivity contribution in [1.29, 1.82) is 0 Å². The average Bonchev–Trinajstić information content (AvgIpc) is 3.31. The van der Waals surface area contributed by atoms with E-state index < -0.39 is 12.7 Å². The Morgan fingerprint density at radius 3 is 3.13 bits per heavy atom. The topological polar surface area (TPSA) is 63.8 Å². The third-order valence-corrected chi connectivity index (χ3v) is 4.24. The van der Waals surface area contributed by atoms with E-state index in [1.54, 1.807) is 23.3 Å². The van der Waals surface area contributed by atoms with Crippen molar-refractivity contribution in [3.63, 3.8) is 0 Å². The van der Waals surface area contributed by atoms with Gasteiger partial charge in [-0.1, -0.05) is 12.7 Å². The molecule has 1 N–H and O–H groups in total. The molecule has 0 saturated heterocycles. The van der Waals surface area contributed by atoms with Gasteiger partial charge in [0.1, 0.15) is 18.0 Å². The quantitative estimate of drug-likeness (QED) is 0.750. The molecule has 1 fully saturated rings. The fourth-order valence-corrected chi connectivity index (χ4v) is 3.04. The SMILES string of the molecule is [2H]C1([2H])CC([C@@H](C[N+]#[C-])n2cc(-c3ncnc4[nH]ccc34)cn2)CC1([2H])[2H]. The van der Waals surface area contributed by atoms with E-state index in [1.165, 1.54) is 6.33 Å². The molecule has 1 saturated carbocycles. The van der Waals surface area contributed by atoms with Crippen LogP contribution in [0.2, 0.25) is 0 Å². The molecule has 0 spiro atoms. The first kappa shape index (κ1) is 10.2. The monoisotopic (exact) mass is 310 g/mol. The molecule has 1 aliphatic rings. The Morgan fingerprint density at radius 2 is 2.30 bits per heavy atom. The summed E-state index contributed by atoms with van der Waals surface area (Å²) in [4.78, 5) is 15.1. The van der Waals surface area contributed by atoms with Crippen LogP contribution < -0.4 is 0 Å². The van der Waals surface area contributed by atoms with Gasteiger partial charge in [-0.05, 0) is 24.8 Å². The minimum absolute atomic E-state index is 0.0743. The van der Waals surface area contributed by atoms with Crippen molar-refractivity contribution in [3.8, 4) is 11.3 Å². The van der Waals surface area contributed by atoms with E-state index in [0.29, 0.717) is 0 Å². The highest BCUT2D eigenvalue weighted by atomic mass is 15.3. The lowest BCUT2D eigenvalue weighted by Gasteiger charge is -2.18. The summed E-state index contributed by atoms with van der Waals surface area (Å²) >= 11 is 0. The van der Waals surface area contributed by atoms with Crippen LogP contribution in [0.1, 0.15) is 37.1 Å². The van der Waals surface area contributed by atoms with Crippen LogP contribution in [0.3, 0.4) is 0 Å². The van der Waals surface area contributed by atoms with Gasteiger partial charge in [-0.15, -0.1) is 0 Å². The van der Waals surface area contributed by atoms with Gasteiger partial charge in [0, 0.05) is 28.8 Å². The second kappa shape index (κ2) is 5.84. The molecule has 3 aromatic heterocycles. The maximum Gasteiger partial charge on any atom is 0.237 e. The number of aromatic amines is 1. The van der Waals surface area contributed by atoms with Crippen LogP contribution in [-0.2, 0) is 0 Å². The van der Waals surface area contributed by atoms with E-state index >= 15 is 0 Å². The maximum absolute atomic E-state index is 7.98. The summed E-state index contributed by atoms with van der Waals surface area (Å²) in [6, 6.07) is 1.51. The summed E-state index contributed by atoms with van der Waals surface area (Å²) in [5.74, 6) is -0.297. The molecule has 116 valence electrons. The van der Waals surface area contributed by atoms with Gasteiger partial charge in [0.05, 0.1) is 11.9 Å². The minimum Gasteiger partial charge on any atom is -0.346 e. The van der Waals surface area contributed by atoms with Crippen molar-refractivity contribution >= 4 is 11.0 Å². The average molecular weight is 310 g/mol. The molecule has 1 atom stereocenters. The smallest absolute Gasteiger partial charge is 0.237 e. The molecule has 0 amide bonds. The van der Waals surface area contributed by atoms with E-state index in [9.17, 15) is 0 Å². The number of hydrogen-bond donors (Lipinski definition) is 1. The fourth-order valence-electron chi connectivity index (χ4n) is 3.04. The molecule has 1 aliphatic carbocycles. The molecule has 3 aromatic rings. The van der Waals surface area contributed by atoms with Gasteiger partial charge in [0.2, 0.25) is 6.54 Å². The van der Waals surface area contributed by atoms with Gasteiger partial charge in [-0.2, -0.15) is 5.10 Å². The second-order valence-corrected chi connectivity index (χ2v) is 5.60. The lowest BCUT2D eigenvalue weighted by atomic mass is 9.98. The van der Waals surface area contributed by atoms with Crippen molar-refractivity contribution in [2.75, 3.05) is 6.54 Å². The molecular weight excluding hydrogens is 288 g/mol. The summed E-state index contributed by atoms with van der Waals surface area (Å²) in [6.07, 6.45) is 3.07. The molecule has 0 unspecified atom stereocenters. The van der Waals surface area contributed by atoms with E-state index in [-0.39, 0.29) is 31.3 Å². The van der Waals surface area contributed by atoms with Crippen LogP contribution in [0.15, 0.2) is 31.0 Å². The number of nitrogens with one attached hydrogen (secondary N) is 1. The normalized spacial score (nSPS) is 23.6. The molecule has 6 nitrogen and oxygen atoms in total. The largest absolute Gasteiger partial charge is 0.346 e. The molecule has 0 aliphatic heterocycles. The summed E-state index contributed by atoms with van der Waals surface area (Å²) < 4.78 is 33.6. The van der Waals surface area contributed by atoms with E-state index in [1.807, 2.05) is 6.07 Å². The van der Waals surface area contributed by atoms with Crippen molar-refractivity contribution in [1.82, 2.24) is 24.7 Å². The van der Waals surface area contributed by atoms with Crippen molar-refractivity contribution in [2.24, 2.45) is 5.92 Å². The number of hydrogen-bond acceptors (Lipinski definition) is 3.